The predicted octanol–water partition coefficient (Wildman–Crippen LogP) is 3.87. The summed E-state index contributed by atoms with van der Waals surface area (Å²) in [5, 5.41) is 1.73. The molecule has 1 saturated heterocycles. The van der Waals surface area contributed by atoms with Crippen molar-refractivity contribution in [1.29, 1.82) is 0 Å². The normalized spacial score (nSPS) is 16.2. The molecule has 2 aromatic heterocycles. The number of hydrogen-bond donors (Lipinski definition) is 0. The van der Waals surface area contributed by atoms with Crippen LogP contribution >= 0.6 is 11.6 Å². The third-order valence-corrected chi connectivity index (χ3v) is 6.41. The molecule has 0 spiro atoms. The van der Waals surface area contributed by atoms with E-state index in [0.29, 0.717) is 16.9 Å². The van der Waals surface area contributed by atoms with E-state index in [9.17, 15) is 4.79 Å². The number of piperidine rings is 1. The van der Waals surface area contributed by atoms with Gasteiger partial charge in [-0.05, 0) is 49.6 Å². The zero-order chi connectivity index (χ0) is 21.8. The number of fused-ring (bicyclic) bond motifs is 3. The minimum atomic E-state index is 0.0143. The summed E-state index contributed by atoms with van der Waals surface area (Å²) in [4.78, 5) is 28.7. The molecule has 0 saturated carbocycles. The van der Waals surface area contributed by atoms with E-state index in [4.69, 9.17) is 21.1 Å². The molecule has 8 nitrogen and oxygen atoms in total. The van der Waals surface area contributed by atoms with Gasteiger partial charge in [-0.25, -0.2) is 9.97 Å². The van der Waals surface area contributed by atoms with Crippen molar-refractivity contribution in [3.63, 3.8) is 0 Å². The summed E-state index contributed by atoms with van der Waals surface area (Å²) in [6.45, 7) is 3.65. The van der Waals surface area contributed by atoms with Gasteiger partial charge in [-0.15, -0.1) is 0 Å². The first-order chi connectivity index (χ1) is 15.6. The largest absolute Gasteiger partial charge is 0.454 e. The highest BCUT2D eigenvalue weighted by Crippen LogP contribution is 2.39. The summed E-state index contributed by atoms with van der Waals surface area (Å²) >= 11 is 6.23. The Labute approximate surface area is 188 Å². The number of halogens is 1. The molecule has 0 unspecified atom stereocenters. The highest BCUT2D eigenvalue weighted by molar-refractivity contribution is 6.28. The molecule has 4 heterocycles. The molecule has 32 heavy (non-hydrogen) atoms. The average molecular weight is 450 g/mol. The van der Waals surface area contributed by atoms with Crippen LogP contribution in [0.1, 0.15) is 24.4 Å². The van der Waals surface area contributed by atoms with Crippen LogP contribution in [0.5, 0.6) is 11.5 Å². The lowest BCUT2D eigenvalue weighted by atomic mass is 10.0. The summed E-state index contributed by atoms with van der Waals surface area (Å²) in [7, 11) is 0. The van der Waals surface area contributed by atoms with Gasteiger partial charge >= 0.3 is 0 Å². The number of benzene rings is 2. The van der Waals surface area contributed by atoms with Crippen molar-refractivity contribution in [2.45, 2.75) is 25.8 Å². The number of rotatable bonds is 2. The molecule has 0 aliphatic carbocycles. The van der Waals surface area contributed by atoms with Crippen molar-refractivity contribution in [1.82, 2.24) is 19.5 Å². The Balaban J connectivity index is 1.31. The third-order valence-electron chi connectivity index (χ3n) is 6.24. The van der Waals surface area contributed by atoms with Crippen LogP contribution in [-0.4, -0.2) is 39.4 Å². The molecule has 9 heteroatoms. The van der Waals surface area contributed by atoms with Crippen molar-refractivity contribution in [3.05, 3.63) is 57.9 Å². The fourth-order valence-electron chi connectivity index (χ4n) is 4.58. The highest BCUT2D eigenvalue weighted by atomic mass is 35.5. The minimum Gasteiger partial charge on any atom is -0.454 e. The Morgan fingerprint density at radius 3 is 2.59 bits per heavy atom. The van der Waals surface area contributed by atoms with Crippen LogP contribution in [0.2, 0.25) is 5.28 Å². The van der Waals surface area contributed by atoms with Gasteiger partial charge in [0.2, 0.25) is 12.1 Å². The Kier molecular flexibility index (Phi) is 4.43. The fourth-order valence-corrected chi connectivity index (χ4v) is 4.75. The van der Waals surface area contributed by atoms with Crippen molar-refractivity contribution in [3.8, 4) is 11.5 Å². The molecular formula is C23H20ClN5O3. The number of aromatic nitrogens is 4. The smallest absolute Gasteiger partial charge is 0.261 e. The summed E-state index contributed by atoms with van der Waals surface area (Å²) in [6.07, 6.45) is 3.27. The molecule has 2 aliphatic heterocycles. The first-order valence-corrected chi connectivity index (χ1v) is 10.9. The van der Waals surface area contributed by atoms with Crippen molar-refractivity contribution in [2.75, 3.05) is 24.8 Å². The third kappa shape index (κ3) is 3.14. The Morgan fingerprint density at radius 2 is 1.78 bits per heavy atom. The van der Waals surface area contributed by atoms with E-state index in [1.807, 2.05) is 37.3 Å². The zero-order valence-electron chi connectivity index (χ0n) is 17.4. The van der Waals surface area contributed by atoms with Gasteiger partial charge in [-0.3, -0.25) is 9.36 Å². The van der Waals surface area contributed by atoms with Crippen LogP contribution in [0.15, 0.2) is 41.5 Å². The molecule has 0 bridgehead atoms. The monoisotopic (exact) mass is 449 g/mol. The number of anilines is 1. The highest BCUT2D eigenvalue weighted by Gasteiger charge is 2.26. The maximum absolute atomic E-state index is 13.1. The van der Waals surface area contributed by atoms with Crippen molar-refractivity contribution in [2.24, 2.45) is 0 Å². The lowest BCUT2D eigenvalue weighted by Gasteiger charge is -2.34. The SMILES string of the molecule is Cc1ccc2ncn(C3CCN(c4nc(Cl)nc5cc6c(cc45)OCO6)CC3)c(=O)c2c1. The van der Waals surface area contributed by atoms with Gasteiger partial charge in [0, 0.05) is 30.6 Å². The Bertz CT molecular complexity index is 1430. The molecule has 1 fully saturated rings. The Hall–Kier alpha value is -3.39. The molecular weight excluding hydrogens is 430 g/mol. The summed E-state index contributed by atoms with van der Waals surface area (Å²) in [6, 6.07) is 9.62. The average Bonchev–Trinajstić information content (AvgIpc) is 3.25. The second-order valence-electron chi connectivity index (χ2n) is 8.23. The molecule has 6 rings (SSSR count). The first kappa shape index (κ1) is 19.3. The van der Waals surface area contributed by atoms with E-state index >= 15 is 0 Å². The van der Waals surface area contributed by atoms with Crippen LogP contribution in [0.4, 0.5) is 5.82 Å². The van der Waals surface area contributed by atoms with Crippen LogP contribution < -0.4 is 19.9 Å². The summed E-state index contributed by atoms with van der Waals surface area (Å²) in [5.74, 6) is 2.12. The van der Waals surface area contributed by atoms with Gasteiger partial charge < -0.3 is 14.4 Å². The maximum atomic E-state index is 13.1. The van der Waals surface area contributed by atoms with Crippen LogP contribution in [0, 0.1) is 6.92 Å². The molecule has 0 amide bonds. The van der Waals surface area contributed by atoms with Gasteiger partial charge in [0.05, 0.1) is 22.7 Å². The van der Waals surface area contributed by atoms with Crippen molar-refractivity contribution < 1.29 is 9.47 Å². The standard InChI is InChI=1S/C23H20ClN5O3/c1-13-2-3-17-16(8-13)22(30)29(11-25-17)14-4-6-28(7-5-14)21-15-9-19-20(32-12-31-19)10-18(15)26-23(24)27-21/h2-3,8-11,14H,4-7,12H2,1H3. The number of nitrogens with zero attached hydrogens (tertiary/aromatic N) is 5. The predicted molar refractivity (Wildman–Crippen MR) is 122 cm³/mol. The Morgan fingerprint density at radius 1 is 1.00 bits per heavy atom. The molecule has 0 atom stereocenters. The summed E-state index contributed by atoms with van der Waals surface area (Å²) in [5.41, 5.74) is 2.52. The molecule has 4 aromatic rings. The zero-order valence-corrected chi connectivity index (χ0v) is 18.2. The molecule has 0 radical (unpaired) electrons. The van der Waals surface area contributed by atoms with E-state index < -0.39 is 0 Å². The van der Waals surface area contributed by atoms with Gasteiger partial charge in [0.25, 0.3) is 5.56 Å². The topological polar surface area (TPSA) is 82.4 Å². The van der Waals surface area contributed by atoms with E-state index in [0.717, 1.165) is 53.7 Å². The quantitative estimate of drug-likeness (QED) is 0.429. The molecule has 2 aromatic carbocycles. The van der Waals surface area contributed by atoms with E-state index in [-0.39, 0.29) is 23.7 Å². The lowest BCUT2D eigenvalue weighted by Crippen LogP contribution is -2.38. The van der Waals surface area contributed by atoms with Crippen LogP contribution in [-0.2, 0) is 0 Å². The fraction of sp³-hybridized carbons (Fsp3) is 0.304. The lowest BCUT2D eigenvalue weighted by molar-refractivity contribution is 0.174. The number of ether oxygens (including phenoxy) is 2. The summed E-state index contributed by atoms with van der Waals surface area (Å²) < 4.78 is 12.8. The van der Waals surface area contributed by atoms with Gasteiger partial charge in [-0.2, -0.15) is 4.98 Å². The van der Waals surface area contributed by atoms with Gasteiger partial charge in [-0.1, -0.05) is 11.6 Å². The second-order valence-corrected chi connectivity index (χ2v) is 8.57. The van der Waals surface area contributed by atoms with Gasteiger partial charge in [0.15, 0.2) is 11.5 Å². The number of hydrogen-bond acceptors (Lipinski definition) is 7. The minimum absolute atomic E-state index is 0.0143. The van der Waals surface area contributed by atoms with E-state index in [1.165, 1.54) is 0 Å². The van der Waals surface area contributed by atoms with Crippen LogP contribution in [0.25, 0.3) is 21.8 Å². The second kappa shape index (κ2) is 7.34. The van der Waals surface area contributed by atoms with Crippen LogP contribution in [0.3, 0.4) is 0 Å². The van der Waals surface area contributed by atoms with E-state index in [1.54, 1.807) is 10.9 Å². The molecule has 162 valence electrons. The van der Waals surface area contributed by atoms with E-state index in [2.05, 4.69) is 19.9 Å². The van der Waals surface area contributed by atoms with Crippen molar-refractivity contribution >= 4 is 39.2 Å². The van der Waals surface area contributed by atoms with Gasteiger partial charge in [0.1, 0.15) is 5.82 Å². The maximum Gasteiger partial charge on any atom is 0.261 e. The first-order valence-electron chi connectivity index (χ1n) is 10.6. The number of aryl methyl sites for hydroxylation is 1. The molecule has 0 N–H and O–H groups in total. The molecule has 2 aliphatic rings.